The van der Waals surface area contributed by atoms with Gasteiger partial charge in [0.05, 0.1) is 0 Å². The summed E-state index contributed by atoms with van der Waals surface area (Å²) in [4.78, 5) is 20.5. The van der Waals surface area contributed by atoms with E-state index in [1.807, 2.05) is 18.2 Å². The SMILES string of the molecule is CN=C(NCc1cccc(C(N)=O)c1)N1CCN(c2cccc(C)c2C)CC1. The molecule has 28 heavy (non-hydrogen) atoms. The van der Waals surface area contributed by atoms with E-state index in [0.29, 0.717) is 12.1 Å². The molecule has 3 rings (SSSR count). The summed E-state index contributed by atoms with van der Waals surface area (Å²) in [6.07, 6.45) is 0. The van der Waals surface area contributed by atoms with Crippen molar-refractivity contribution in [3.05, 3.63) is 64.7 Å². The molecule has 0 spiro atoms. The Labute approximate surface area is 167 Å². The van der Waals surface area contributed by atoms with Crippen LogP contribution in [-0.2, 0) is 6.54 Å². The fourth-order valence-corrected chi connectivity index (χ4v) is 3.59. The quantitative estimate of drug-likeness (QED) is 0.631. The molecule has 1 aliphatic rings. The van der Waals surface area contributed by atoms with E-state index in [1.54, 1.807) is 13.1 Å². The van der Waals surface area contributed by atoms with Crippen molar-refractivity contribution in [3.63, 3.8) is 0 Å². The van der Waals surface area contributed by atoms with Gasteiger partial charge in [-0.1, -0.05) is 24.3 Å². The Bertz CT molecular complexity index is 869. The van der Waals surface area contributed by atoms with E-state index in [1.165, 1.54) is 16.8 Å². The first-order valence-corrected chi connectivity index (χ1v) is 9.65. The molecule has 0 saturated carbocycles. The molecule has 1 fully saturated rings. The van der Waals surface area contributed by atoms with E-state index < -0.39 is 5.91 Å². The number of benzene rings is 2. The van der Waals surface area contributed by atoms with Gasteiger partial charge >= 0.3 is 0 Å². The Morgan fingerprint density at radius 1 is 1.11 bits per heavy atom. The number of guanidine groups is 1. The Hall–Kier alpha value is -3.02. The number of rotatable bonds is 4. The van der Waals surface area contributed by atoms with Crippen LogP contribution in [0.1, 0.15) is 27.0 Å². The first-order valence-electron chi connectivity index (χ1n) is 9.65. The van der Waals surface area contributed by atoms with Gasteiger partial charge in [-0.05, 0) is 48.7 Å². The second-order valence-corrected chi connectivity index (χ2v) is 7.16. The van der Waals surface area contributed by atoms with Crippen molar-refractivity contribution >= 4 is 17.6 Å². The molecular formula is C22H29N5O. The van der Waals surface area contributed by atoms with Gasteiger partial charge in [0.1, 0.15) is 0 Å². The molecule has 2 aromatic rings. The number of nitrogens with zero attached hydrogens (tertiary/aromatic N) is 3. The molecule has 6 nitrogen and oxygen atoms in total. The zero-order valence-electron chi connectivity index (χ0n) is 16.9. The summed E-state index contributed by atoms with van der Waals surface area (Å²) in [5.74, 6) is 0.471. The van der Waals surface area contributed by atoms with E-state index in [0.717, 1.165) is 37.7 Å². The summed E-state index contributed by atoms with van der Waals surface area (Å²) < 4.78 is 0. The lowest BCUT2D eigenvalue weighted by Gasteiger charge is -2.38. The molecule has 1 amide bonds. The molecule has 0 aromatic heterocycles. The molecule has 0 unspecified atom stereocenters. The van der Waals surface area contributed by atoms with Crippen LogP contribution in [0, 0.1) is 13.8 Å². The number of carbonyl (C=O) groups excluding carboxylic acids is 1. The van der Waals surface area contributed by atoms with Gasteiger partial charge in [-0.2, -0.15) is 0 Å². The van der Waals surface area contributed by atoms with Crippen LogP contribution in [-0.4, -0.2) is 50.0 Å². The van der Waals surface area contributed by atoms with Crippen LogP contribution in [0.25, 0.3) is 0 Å². The van der Waals surface area contributed by atoms with E-state index in [4.69, 9.17) is 5.73 Å². The van der Waals surface area contributed by atoms with Crippen LogP contribution in [0.2, 0.25) is 0 Å². The highest BCUT2D eigenvalue weighted by molar-refractivity contribution is 5.92. The van der Waals surface area contributed by atoms with Gasteiger partial charge in [0.25, 0.3) is 0 Å². The second-order valence-electron chi connectivity index (χ2n) is 7.16. The number of hydrogen-bond donors (Lipinski definition) is 2. The molecule has 6 heteroatoms. The molecule has 2 aromatic carbocycles. The lowest BCUT2D eigenvalue weighted by atomic mass is 10.1. The standard InChI is InChI=1S/C22H29N5O/c1-16-6-4-9-20(17(16)2)26-10-12-27(13-11-26)22(24-3)25-15-18-7-5-8-19(14-18)21(23)28/h4-9,14H,10-13,15H2,1-3H3,(H2,23,28)(H,24,25). The fourth-order valence-electron chi connectivity index (χ4n) is 3.59. The molecule has 0 aliphatic carbocycles. The van der Waals surface area contributed by atoms with Crippen LogP contribution in [0.3, 0.4) is 0 Å². The Morgan fingerprint density at radius 2 is 1.82 bits per heavy atom. The van der Waals surface area contributed by atoms with Crippen molar-refractivity contribution in [1.29, 1.82) is 0 Å². The average Bonchev–Trinajstić information content (AvgIpc) is 2.71. The zero-order chi connectivity index (χ0) is 20.1. The van der Waals surface area contributed by atoms with E-state index in [9.17, 15) is 4.79 Å². The van der Waals surface area contributed by atoms with Gasteiger partial charge in [0, 0.05) is 51.0 Å². The van der Waals surface area contributed by atoms with Crippen molar-refractivity contribution < 1.29 is 4.79 Å². The fraction of sp³-hybridized carbons (Fsp3) is 0.364. The van der Waals surface area contributed by atoms with Crippen LogP contribution in [0.5, 0.6) is 0 Å². The minimum absolute atomic E-state index is 0.409. The number of carbonyl (C=O) groups is 1. The zero-order valence-corrected chi connectivity index (χ0v) is 16.9. The molecule has 0 radical (unpaired) electrons. The first kappa shape index (κ1) is 19.7. The van der Waals surface area contributed by atoms with Crippen molar-refractivity contribution in [3.8, 4) is 0 Å². The summed E-state index contributed by atoms with van der Waals surface area (Å²) in [6.45, 7) is 8.70. The summed E-state index contributed by atoms with van der Waals surface area (Å²) in [7, 11) is 1.80. The number of primary amides is 1. The van der Waals surface area contributed by atoms with Gasteiger partial charge < -0.3 is 20.9 Å². The third kappa shape index (κ3) is 4.44. The molecule has 148 valence electrons. The van der Waals surface area contributed by atoms with E-state index in [2.05, 4.69) is 52.2 Å². The third-order valence-electron chi connectivity index (χ3n) is 5.37. The Kier molecular flexibility index (Phi) is 6.19. The predicted octanol–water partition coefficient (Wildman–Crippen LogP) is 2.30. The van der Waals surface area contributed by atoms with Crippen LogP contribution < -0.4 is 16.0 Å². The minimum Gasteiger partial charge on any atom is -0.368 e. The maximum Gasteiger partial charge on any atom is 0.248 e. The minimum atomic E-state index is -0.409. The molecule has 0 bridgehead atoms. The number of nitrogens with one attached hydrogen (secondary N) is 1. The number of piperazine rings is 1. The largest absolute Gasteiger partial charge is 0.368 e. The van der Waals surface area contributed by atoms with Crippen molar-refractivity contribution in [2.45, 2.75) is 20.4 Å². The summed E-state index contributed by atoms with van der Waals surface area (Å²) in [6, 6.07) is 13.9. The third-order valence-corrected chi connectivity index (χ3v) is 5.37. The number of anilines is 1. The molecular weight excluding hydrogens is 350 g/mol. The summed E-state index contributed by atoms with van der Waals surface area (Å²) >= 11 is 0. The van der Waals surface area contributed by atoms with Gasteiger partial charge in [-0.25, -0.2) is 0 Å². The smallest absolute Gasteiger partial charge is 0.248 e. The molecule has 3 N–H and O–H groups in total. The number of nitrogens with two attached hydrogens (primary N) is 1. The second kappa shape index (κ2) is 8.78. The van der Waals surface area contributed by atoms with Gasteiger partial charge in [0.15, 0.2) is 5.96 Å². The van der Waals surface area contributed by atoms with Crippen molar-refractivity contribution in [2.75, 3.05) is 38.1 Å². The van der Waals surface area contributed by atoms with E-state index >= 15 is 0 Å². The predicted molar refractivity (Wildman–Crippen MR) is 115 cm³/mol. The molecule has 1 saturated heterocycles. The van der Waals surface area contributed by atoms with Gasteiger partial charge in [-0.15, -0.1) is 0 Å². The maximum atomic E-state index is 11.4. The van der Waals surface area contributed by atoms with Crippen LogP contribution in [0.15, 0.2) is 47.5 Å². The monoisotopic (exact) mass is 379 g/mol. The van der Waals surface area contributed by atoms with Gasteiger partial charge in [0.2, 0.25) is 5.91 Å². The lowest BCUT2D eigenvalue weighted by Crippen LogP contribution is -2.52. The number of amides is 1. The number of aryl methyl sites for hydroxylation is 1. The molecule has 1 heterocycles. The van der Waals surface area contributed by atoms with Crippen LogP contribution >= 0.6 is 0 Å². The Balaban J connectivity index is 1.59. The van der Waals surface area contributed by atoms with Gasteiger partial charge in [-0.3, -0.25) is 9.79 Å². The maximum absolute atomic E-state index is 11.4. The van der Waals surface area contributed by atoms with Crippen LogP contribution in [0.4, 0.5) is 5.69 Å². The average molecular weight is 380 g/mol. The Morgan fingerprint density at radius 3 is 2.50 bits per heavy atom. The van der Waals surface area contributed by atoms with Crippen molar-refractivity contribution in [2.24, 2.45) is 10.7 Å². The molecule has 0 atom stereocenters. The number of hydrogen-bond acceptors (Lipinski definition) is 3. The summed E-state index contributed by atoms with van der Waals surface area (Å²) in [5.41, 5.74) is 10.9. The topological polar surface area (TPSA) is 74.0 Å². The van der Waals surface area contributed by atoms with E-state index in [-0.39, 0.29) is 0 Å². The highest BCUT2D eigenvalue weighted by Gasteiger charge is 2.21. The first-order chi connectivity index (χ1) is 13.5. The van der Waals surface area contributed by atoms with Crippen molar-refractivity contribution in [1.82, 2.24) is 10.2 Å². The lowest BCUT2D eigenvalue weighted by molar-refractivity contribution is 0.1000. The molecule has 1 aliphatic heterocycles. The highest BCUT2D eigenvalue weighted by Crippen LogP contribution is 2.23. The highest BCUT2D eigenvalue weighted by atomic mass is 16.1. The number of aliphatic imine (C=N–C) groups is 1. The summed E-state index contributed by atoms with van der Waals surface area (Å²) in [5, 5.41) is 3.40. The normalized spacial score (nSPS) is 14.9.